The van der Waals surface area contributed by atoms with Gasteiger partial charge in [-0.15, -0.1) is 11.3 Å². The first-order valence-electron chi connectivity index (χ1n) is 5.94. The summed E-state index contributed by atoms with van der Waals surface area (Å²) in [4.78, 5) is 15.2. The molecule has 2 aromatic rings. The van der Waals surface area contributed by atoms with Gasteiger partial charge in [0.2, 0.25) is 0 Å². The maximum absolute atomic E-state index is 12.3. The zero-order chi connectivity index (χ0) is 16.3. The smallest absolute Gasteiger partial charge is 0.357 e. The van der Waals surface area contributed by atoms with Crippen LogP contribution in [-0.2, 0) is 14.8 Å². The van der Waals surface area contributed by atoms with Crippen LogP contribution in [0.2, 0.25) is 10.0 Å². The van der Waals surface area contributed by atoms with E-state index in [1.54, 1.807) is 6.92 Å². The predicted octanol–water partition coefficient (Wildman–Crippen LogP) is 3.43. The SMILES string of the molecule is CCOC(=O)c1csc(NS(=O)(=O)c2cccc(Cl)c2Cl)n1. The van der Waals surface area contributed by atoms with E-state index in [4.69, 9.17) is 27.9 Å². The Bertz CT molecular complexity index is 805. The second-order valence-corrected chi connectivity index (χ2v) is 7.21. The first kappa shape index (κ1) is 17.0. The van der Waals surface area contributed by atoms with E-state index in [1.807, 2.05) is 0 Å². The second kappa shape index (κ2) is 6.82. The van der Waals surface area contributed by atoms with Gasteiger partial charge in [-0.3, -0.25) is 4.72 Å². The van der Waals surface area contributed by atoms with Crippen molar-refractivity contribution in [3.63, 3.8) is 0 Å². The molecule has 6 nitrogen and oxygen atoms in total. The van der Waals surface area contributed by atoms with E-state index >= 15 is 0 Å². The van der Waals surface area contributed by atoms with Crippen LogP contribution >= 0.6 is 34.5 Å². The van der Waals surface area contributed by atoms with Gasteiger partial charge in [0.25, 0.3) is 10.0 Å². The summed E-state index contributed by atoms with van der Waals surface area (Å²) < 4.78 is 31.6. The van der Waals surface area contributed by atoms with Crippen molar-refractivity contribution in [2.45, 2.75) is 11.8 Å². The van der Waals surface area contributed by atoms with Crippen LogP contribution < -0.4 is 4.72 Å². The van der Waals surface area contributed by atoms with Gasteiger partial charge >= 0.3 is 5.97 Å². The summed E-state index contributed by atoms with van der Waals surface area (Å²) in [6.07, 6.45) is 0. The van der Waals surface area contributed by atoms with Gasteiger partial charge in [0.15, 0.2) is 10.8 Å². The standard InChI is InChI=1S/C12H10Cl2N2O4S2/c1-2-20-11(17)8-6-21-12(15-8)16-22(18,19)9-5-3-4-7(13)10(9)14/h3-6H,2H2,1H3,(H,15,16). The van der Waals surface area contributed by atoms with Gasteiger partial charge in [0.05, 0.1) is 16.7 Å². The lowest BCUT2D eigenvalue weighted by molar-refractivity contribution is 0.0520. The Hall–Kier alpha value is -1.35. The van der Waals surface area contributed by atoms with E-state index in [1.165, 1.54) is 23.6 Å². The topological polar surface area (TPSA) is 85.4 Å². The molecule has 0 saturated heterocycles. The molecule has 0 aliphatic rings. The van der Waals surface area contributed by atoms with Crippen LogP contribution in [0.3, 0.4) is 0 Å². The summed E-state index contributed by atoms with van der Waals surface area (Å²) in [5.74, 6) is -0.620. The molecule has 1 aromatic heterocycles. The summed E-state index contributed by atoms with van der Waals surface area (Å²) in [7, 11) is -3.96. The lowest BCUT2D eigenvalue weighted by Crippen LogP contribution is -2.14. The highest BCUT2D eigenvalue weighted by molar-refractivity contribution is 7.93. The van der Waals surface area contributed by atoms with E-state index in [-0.39, 0.29) is 32.4 Å². The summed E-state index contributed by atoms with van der Waals surface area (Å²) in [6, 6.07) is 4.26. The minimum atomic E-state index is -3.96. The minimum absolute atomic E-state index is 0.0269. The molecular weight excluding hydrogens is 371 g/mol. The molecule has 0 saturated carbocycles. The quantitative estimate of drug-likeness (QED) is 0.802. The number of carbonyl (C=O) groups is 1. The van der Waals surface area contributed by atoms with Crippen molar-refractivity contribution >= 4 is 55.7 Å². The molecular formula is C12H10Cl2N2O4S2. The minimum Gasteiger partial charge on any atom is -0.461 e. The largest absolute Gasteiger partial charge is 0.461 e. The predicted molar refractivity (Wildman–Crippen MR) is 85.3 cm³/mol. The summed E-state index contributed by atoms with van der Waals surface area (Å²) >= 11 is 12.7. The molecule has 0 atom stereocenters. The molecule has 1 aromatic carbocycles. The molecule has 0 aliphatic carbocycles. The third kappa shape index (κ3) is 3.70. The molecule has 1 N–H and O–H groups in total. The van der Waals surface area contributed by atoms with E-state index in [0.717, 1.165) is 11.3 Å². The van der Waals surface area contributed by atoms with Crippen LogP contribution in [0.1, 0.15) is 17.4 Å². The van der Waals surface area contributed by atoms with Crippen molar-refractivity contribution in [3.05, 3.63) is 39.3 Å². The van der Waals surface area contributed by atoms with Crippen molar-refractivity contribution in [2.75, 3.05) is 11.3 Å². The molecule has 0 bridgehead atoms. The highest BCUT2D eigenvalue weighted by Crippen LogP contribution is 2.30. The molecule has 2 rings (SSSR count). The molecule has 0 fully saturated rings. The second-order valence-electron chi connectivity index (χ2n) is 3.92. The molecule has 10 heteroatoms. The van der Waals surface area contributed by atoms with Crippen LogP contribution in [0.15, 0.2) is 28.5 Å². The van der Waals surface area contributed by atoms with E-state index < -0.39 is 16.0 Å². The Morgan fingerprint density at radius 2 is 2.14 bits per heavy atom. The van der Waals surface area contributed by atoms with Crippen LogP contribution in [-0.4, -0.2) is 26.0 Å². The molecule has 0 radical (unpaired) electrons. The maximum atomic E-state index is 12.3. The Kier molecular flexibility index (Phi) is 5.28. The third-order valence-corrected chi connectivity index (χ3v) is 5.62. The molecule has 0 aliphatic heterocycles. The molecule has 1 heterocycles. The fourth-order valence-electron chi connectivity index (χ4n) is 1.48. The number of esters is 1. The fraction of sp³-hybridized carbons (Fsp3) is 0.167. The van der Waals surface area contributed by atoms with Gasteiger partial charge in [0.1, 0.15) is 4.90 Å². The molecule has 0 unspecified atom stereocenters. The van der Waals surface area contributed by atoms with Crippen LogP contribution in [0.4, 0.5) is 5.13 Å². The average Bonchev–Trinajstić information content (AvgIpc) is 2.89. The zero-order valence-corrected chi connectivity index (χ0v) is 14.3. The van der Waals surface area contributed by atoms with Gasteiger partial charge in [0, 0.05) is 5.38 Å². The monoisotopic (exact) mass is 380 g/mol. The van der Waals surface area contributed by atoms with Gasteiger partial charge < -0.3 is 4.74 Å². The number of nitrogens with zero attached hydrogens (tertiary/aromatic N) is 1. The van der Waals surface area contributed by atoms with Crippen LogP contribution in [0, 0.1) is 0 Å². The number of benzene rings is 1. The van der Waals surface area contributed by atoms with Crippen molar-refractivity contribution in [2.24, 2.45) is 0 Å². The molecule has 118 valence electrons. The summed E-state index contributed by atoms with van der Waals surface area (Å²) in [5, 5.41) is 1.46. The first-order chi connectivity index (χ1) is 10.3. The number of aromatic nitrogens is 1. The van der Waals surface area contributed by atoms with Gasteiger partial charge in [-0.1, -0.05) is 29.3 Å². The van der Waals surface area contributed by atoms with Crippen molar-refractivity contribution < 1.29 is 17.9 Å². The van der Waals surface area contributed by atoms with Crippen LogP contribution in [0.25, 0.3) is 0 Å². The number of rotatable bonds is 5. The number of nitrogens with one attached hydrogen (secondary N) is 1. The number of hydrogen-bond donors (Lipinski definition) is 1. The van der Waals surface area contributed by atoms with E-state index in [9.17, 15) is 13.2 Å². The van der Waals surface area contributed by atoms with E-state index in [2.05, 4.69) is 9.71 Å². The lowest BCUT2D eigenvalue weighted by atomic mass is 10.4. The van der Waals surface area contributed by atoms with Crippen LogP contribution in [0.5, 0.6) is 0 Å². The highest BCUT2D eigenvalue weighted by atomic mass is 35.5. The Labute approximate surface area is 141 Å². The number of hydrogen-bond acceptors (Lipinski definition) is 6. The van der Waals surface area contributed by atoms with Crippen molar-refractivity contribution in [1.29, 1.82) is 0 Å². The zero-order valence-electron chi connectivity index (χ0n) is 11.2. The summed E-state index contributed by atoms with van der Waals surface area (Å²) in [6.45, 7) is 1.87. The normalized spacial score (nSPS) is 11.2. The Morgan fingerprint density at radius 1 is 1.41 bits per heavy atom. The van der Waals surface area contributed by atoms with E-state index in [0.29, 0.717) is 0 Å². The first-order valence-corrected chi connectivity index (χ1v) is 9.06. The maximum Gasteiger partial charge on any atom is 0.357 e. The Morgan fingerprint density at radius 3 is 2.82 bits per heavy atom. The van der Waals surface area contributed by atoms with Gasteiger partial charge in [-0.25, -0.2) is 18.2 Å². The summed E-state index contributed by atoms with van der Waals surface area (Å²) in [5.41, 5.74) is 0.0294. The number of anilines is 1. The van der Waals surface area contributed by atoms with Crippen molar-refractivity contribution in [1.82, 2.24) is 4.98 Å². The number of thiazole rings is 1. The number of sulfonamides is 1. The molecule has 0 spiro atoms. The molecule has 22 heavy (non-hydrogen) atoms. The average molecular weight is 381 g/mol. The number of carbonyl (C=O) groups excluding carboxylic acids is 1. The number of halogens is 2. The van der Waals surface area contributed by atoms with Gasteiger partial charge in [-0.2, -0.15) is 0 Å². The van der Waals surface area contributed by atoms with Gasteiger partial charge in [-0.05, 0) is 19.1 Å². The lowest BCUT2D eigenvalue weighted by Gasteiger charge is -2.07. The third-order valence-electron chi connectivity index (χ3n) is 2.42. The Balaban J connectivity index is 2.26. The highest BCUT2D eigenvalue weighted by Gasteiger charge is 2.22. The van der Waals surface area contributed by atoms with Crippen molar-refractivity contribution in [3.8, 4) is 0 Å². The number of ether oxygens (including phenoxy) is 1. The fourth-order valence-corrected chi connectivity index (χ4v) is 4.18. The molecule has 0 amide bonds.